The Kier molecular flexibility index (Phi) is 4.42. The molecular formula is C21H24FN3O3. The third kappa shape index (κ3) is 3.02. The van der Waals surface area contributed by atoms with Crippen molar-refractivity contribution in [2.45, 2.75) is 38.0 Å². The van der Waals surface area contributed by atoms with Crippen LogP contribution in [0, 0.1) is 17.2 Å². The van der Waals surface area contributed by atoms with E-state index >= 15 is 0 Å². The summed E-state index contributed by atoms with van der Waals surface area (Å²) in [6, 6.07) is 6.07. The minimum absolute atomic E-state index is 0.0159. The number of likely N-dealkylation sites (tertiary alicyclic amines) is 1. The van der Waals surface area contributed by atoms with Crippen molar-refractivity contribution < 1.29 is 18.4 Å². The molecule has 148 valence electrons. The predicted octanol–water partition coefficient (Wildman–Crippen LogP) is 3.40. The highest BCUT2D eigenvalue weighted by Gasteiger charge is 2.52. The fourth-order valence-electron chi connectivity index (χ4n) is 4.77. The summed E-state index contributed by atoms with van der Waals surface area (Å²) in [4.78, 5) is 19.5. The zero-order chi connectivity index (χ0) is 19.1. The fraction of sp³-hybridized carbons (Fsp3) is 0.571. The highest BCUT2D eigenvalue weighted by molar-refractivity contribution is 5.80. The maximum absolute atomic E-state index is 13.2. The van der Waals surface area contributed by atoms with Gasteiger partial charge in [0.15, 0.2) is 0 Å². The second-order valence-corrected chi connectivity index (χ2v) is 8.34. The van der Waals surface area contributed by atoms with Gasteiger partial charge in [-0.2, -0.15) is 4.98 Å². The third-order valence-electron chi connectivity index (χ3n) is 6.74. The molecule has 1 unspecified atom stereocenters. The van der Waals surface area contributed by atoms with Crippen LogP contribution in [0.2, 0.25) is 0 Å². The predicted molar refractivity (Wildman–Crippen MR) is 98.8 cm³/mol. The minimum Gasteiger partial charge on any atom is -0.381 e. The first-order chi connectivity index (χ1) is 13.6. The molecule has 3 aliphatic rings. The van der Waals surface area contributed by atoms with E-state index in [0.717, 1.165) is 44.2 Å². The number of benzene rings is 1. The van der Waals surface area contributed by atoms with Gasteiger partial charge in [-0.25, -0.2) is 4.39 Å². The first-order valence-corrected chi connectivity index (χ1v) is 10.1. The summed E-state index contributed by atoms with van der Waals surface area (Å²) < 4.78 is 24.4. The lowest BCUT2D eigenvalue weighted by Crippen LogP contribution is -2.40. The van der Waals surface area contributed by atoms with Crippen molar-refractivity contribution in [3.63, 3.8) is 0 Å². The van der Waals surface area contributed by atoms with E-state index < -0.39 is 0 Å². The molecule has 0 N–H and O–H groups in total. The van der Waals surface area contributed by atoms with Crippen LogP contribution in [0.4, 0.5) is 4.39 Å². The van der Waals surface area contributed by atoms with Crippen LogP contribution < -0.4 is 0 Å². The Balaban J connectivity index is 1.43. The van der Waals surface area contributed by atoms with Crippen molar-refractivity contribution in [1.29, 1.82) is 0 Å². The first-order valence-electron chi connectivity index (χ1n) is 10.1. The molecule has 0 radical (unpaired) electrons. The fourth-order valence-corrected chi connectivity index (χ4v) is 4.77. The zero-order valence-electron chi connectivity index (χ0n) is 15.8. The SMILES string of the molecule is O=C(C1CCC1)N1CC(c2nc(-c3ccc(F)cc3)no2)C2(CCOCC2)C1. The van der Waals surface area contributed by atoms with E-state index in [1.807, 2.05) is 4.90 Å². The van der Waals surface area contributed by atoms with Gasteiger partial charge in [-0.3, -0.25) is 4.79 Å². The van der Waals surface area contributed by atoms with E-state index in [2.05, 4.69) is 10.1 Å². The van der Waals surface area contributed by atoms with Crippen molar-refractivity contribution in [3.05, 3.63) is 36.0 Å². The van der Waals surface area contributed by atoms with Gasteiger partial charge in [0, 0.05) is 43.2 Å². The zero-order valence-corrected chi connectivity index (χ0v) is 15.8. The van der Waals surface area contributed by atoms with E-state index in [9.17, 15) is 9.18 Å². The number of rotatable bonds is 3. The molecule has 0 bridgehead atoms. The van der Waals surface area contributed by atoms with E-state index in [0.29, 0.717) is 31.5 Å². The molecule has 2 aliphatic heterocycles. The van der Waals surface area contributed by atoms with Gasteiger partial charge in [0.25, 0.3) is 0 Å². The molecule has 5 rings (SSSR count). The van der Waals surface area contributed by atoms with E-state index in [-0.39, 0.29) is 29.0 Å². The number of nitrogens with zero attached hydrogens (tertiary/aromatic N) is 3. The molecule has 1 saturated carbocycles. The van der Waals surface area contributed by atoms with Crippen molar-refractivity contribution in [1.82, 2.24) is 15.0 Å². The molecule has 7 heteroatoms. The third-order valence-corrected chi connectivity index (χ3v) is 6.74. The Bertz CT molecular complexity index is 856. The molecule has 1 atom stereocenters. The second kappa shape index (κ2) is 6.95. The maximum Gasteiger partial charge on any atom is 0.232 e. The first kappa shape index (κ1) is 17.8. The summed E-state index contributed by atoms with van der Waals surface area (Å²) in [5.41, 5.74) is 0.655. The summed E-state index contributed by atoms with van der Waals surface area (Å²) in [6.45, 7) is 2.76. The van der Waals surface area contributed by atoms with Crippen LogP contribution in [0.15, 0.2) is 28.8 Å². The molecule has 1 aliphatic carbocycles. The van der Waals surface area contributed by atoms with Gasteiger partial charge < -0.3 is 14.2 Å². The number of halogens is 1. The number of carbonyl (C=O) groups excluding carboxylic acids is 1. The van der Waals surface area contributed by atoms with E-state index in [4.69, 9.17) is 9.26 Å². The summed E-state index contributed by atoms with van der Waals surface area (Å²) >= 11 is 0. The molecule has 3 heterocycles. The topological polar surface area (TPSA) is 68.5 Å². The van der Waals surface area contributed by atoms with Gasteiger partial charge in [0.1, 0.15) is 5.82 Å². The Morgan fingerprint density at radius 2 is 1.93 bits per heavy atom. The Morgan fingerprint density at radius 1 is 1.18 bits per heavy atom. The highest BCUT2D eigenvalue weighted by Crippen LogP contribution is 2.50. The van der Waals surface area contributed by atoms with Crippen molar-refractivity contribution in [2.24, 2.45) is 11.3 Å². The number of carbonyl (C=O) groups is 1. The summed E-state index contributed by atoms with van der Waals surface area (Å²) in [5, 5.41) is 4.13. The smallest absolute Gasteiger partial charge is 0.232 e. The second-order valence-electron chi connectivity index (χ2n) is 8.34. The van der Waals surface area contributed by atoms with Crippen molar-refractivity contribution in [3.8, 4) is 11.4 Å². The normalized spacial score (nSPS) is 24.5. The molecule has 1 aromatic carbocycles. The van der Waals surface area contributed by atoms with Gasteiger partial charge in [-0.1, -0.05) is 11.6 Å². The molecule has 2 aromatic rings. The molecule has 3 fully saturated rings. The quantitative estimate of drug-likeness (QED) is 0.810. The summed E-state index contributed by atoms with van der Waals surface area (Å²) in [7, 11) is 0. The standard InChI is InChI=1S/C21H24FN3O3/c22-16-6-4-14(5-7-16)18-23-19(28-24-18)17-12-25(20(26)15-2-1-3-15)13-21(17)8-10-27-11-9-21/h4-7,15,17H,1-3,8-13H2. The molecule has 1 amide bonds. The summed E-state index contributed by atoms with van der Waals surface area (Å²) in [5.74, 6) is 1.22. The molecule has 6 nitrogen and oxygen atoms in total. The van der Waals surface area contributed by atoms with Crippen LogP contribution in [0.5, 0.6) is 0 Å². The molecule has 28 heavy (non-hydrogen) atoms. The summed E-state index contributed by atoms with van der Waals surface area (Å²) in [6.07, 6.45) is 4.94. The Morgan fingerprint density at radius 3 is 2.61 bits per heavy atom. The van der Waals surface area contributed by atoms with Gasteiger partial charge in [0.2, 0.25) is 17.6 Å². The molecular weight excluding hydrogens is 361 g/mol. The van der Waals surface area contributed by atoms with E-state index in [1.165, 1.54) is 12.1 Å². The lowest BCUT2D eigenvalue weighted by molar-refractivity contribution is -0.137. The molecule has 1 spiro atoms. The van der Waals surface area contributed by atoms with Gasteiger partial charge >= 0.3 is 0 Å². The number of aromatic nitrogens is 2. The number of hydrogen-bond donors (Lipinski definition) is 0. The van der Waals surface area contributed by atoms with Gasteiger partial charge in [0.05, 0.1) is 5.92 Å². The number of amides is 1. The van der Waals surface area contributed by atoms with E-state index in [1.54, 1.807) is 12.1 Å². The molecule has 2 saturated heterocycles. The average molecular weight is 385 g/mol. The lowest BCUT2D eigenvalue weighted by Gasteiger charge is -2.36. The average Bonchev–Trinajstić information content (AvgIpc) is 3.27. The van der Waals surface area contributed by atoms with Crippen LogP contribution in [-0.4, -0.2) is 47.3 Å². The van der Waals surface area contributed by atoms with Crippen LogP contribution in [0.1, 0.15) is 43.9 Å². The van der Waals surface area contributed by atoms with Crippen LogP contribution in [0.25, 0.3) is 11.4 Å². The van der Waals surface area contributed by atoms with Gasteiger partial charge in [-0.15, -0.1) is 0 Å². The van der Waals surface area contributed by atoms with Crippen LogP contribution >= 0.6 is 0 Å². The lowest BCUT2D eigenvalue weighted by atomic mass is 9.72. The minimum atomic E-state index is -0.297. The van der Waals surface area contributed by atoms with Crippen LogP contribution in [0.3, 0.4) is 0 Å². The highest BCUT2D eigenvalue weighted by atomic mass is 19.1. The Hall–Kier alpha value is -2.28. The van der Waals surface area contributed by atoms with Crippen molar-refractivity contribution in [2.75, 3.05) is 26.3 Å². The molecule has 1 aromatic heterocycles. The van der Waals surface area contributed by atoms with Crippen molar-refractivity contribution >= 4 is 5.91 Å². The number of hydrogen-bond acceptors (Lipinski definition) is 5. The Labute approximate surface area is 163 Å². The number of ether oxygens (including phenoxy) is 1. The van der Waals surface area contributed by atoms with Crippen LogP contribution in [-0.2, 0) is 9.53 Å². The monoisotopic (exact) mass is 385 g/mol. The largest absolute Gasteiger partial charge is 0.381 e. The van der Waals surface area contributed by atoms with Gasteiger partial charge in [-0.05, 0) is 49.9 Å². The maximum atomic E-state index is 13.2.